The van der Waals surface area contributed by atoms with E-state index in [1.165, 1.54) is 41.5 Å². The van der Waals surface area contributed by atoms with E-state index in [9.17, 15) is 4.79 Å². The molecule has 5 rings (SSSR count). The number of likely N-dealkylation sites (tertiary alicyclic amines) is 1. The molecule has 4 nitrogen and oxygen atoms in total. The zero-order valence-electron chi connectivity index (χ0n) is 19.4. The summed E-state index contributed by atoms with van der Waals surface area (Å²) >= 11 is 6.05. The maximum Gasteiger partial charge on any atom is 0.168 e. The summed E-state index contributed by atoms with van der Waals surface area (Å²) in [5, 5.41) is 0.700. The fourth-order valence-electron chi connectivity index (χ4n) is 5.06. The Morgan fingerprint density at radius 1 is 0.853 bits per heavy atom. The molecule has 0 saturated carbocycles. The monoisotopic (exact) mass is 474 g/mol. The van der Waals surface area contributed by atoms with Gasteiger partial charge in [0.05, 0.1) is 6.10 Å². The molecule has 2 saturated heterocycles. The highest BCUT2D eigenvalue weighted by Crippen LogP contribution is 2.32. The maximum absolute atomic E-state index is 11.9. The molecule has 5 heteroatoms. The molecular formula is C29H31ClN2O2. The van der Waals surface area contributed by atoms with Gasteiger partial charge in [-0.1, -0.05) is 72.6 Å². The molecule has 2 aliphatic heterocycles. The highest BCUT2D eigenvalue weighted by molar-refractivity contribution is 6.30. The molecular weight excluding hydrogens is 444 g/mol. The average molecular weight is 475 g/mol. The molecule has 0 bridgehead atoms. The number of aldehydes is 1. The molecule has 1 unspecified atom stereocenters. The minimum absolute atomic E-state index is 0.137. The van der Waals surface area contributed by atoms with Crippen molar-refractivity contribution in [2.75, 3.05) is 19.6 Å². The van der Waals surface area contributed by atoms with Gasteiger partial charge in [0.25, 0.3) is 0 Å². The van der Waals surface area contributed by atoms with Gasteiger partial charge in [0, 0.05) is 24.7 Å². The van der Waals surface area contributed by atoms with Crippen LogP contribution < -0.4 is 0 Å². The van der Waals surface area contributed by atoms with Crippen LogP contribution in [0.1, 0.15) is 42.1 Å². The van der Waals surface area contributed by atoms with Gasteiger partial charge in [0.15, 0.2) is 12.5 Å². The lowest BCUT2D eigenvalue weighted by Gasteiger charge is -2.28. The Balaban J connectivity index is 1.39. The molecule has 0 aliphatic carbocycles. The van der Waals surface area contributed by atoms with Crippen molar-refractivity contribution in [2.24, 2.45) is 0 Å². The third kappa shape index (κ3) is 5.42. The van der Waals surface area contributed by atoms with Gasteiger partial charge in [-0.25, -0.2) is 0 Å². The van der Waals surface area contributed by atoms with Gasteiger partial charge in [0.2, 0.25) is 0 Å². The lowest BCUT2D eigenvalue weighted by atomic mass is 9.97. The smallest absolute Gasteiger partial charge is 0.168 e. The van der Waals surface area contributed by atoms with E-state index in [2.05, 4.69) is 58.3 Å². The first-order valence-corrected chi connectivity index (χ1v) is 12.6. The second kappa shape index (κ2) is 10.8. The van der Waals surface area contributed by atoms with Crippen molar-refractivity contribution in [3.63, 3.8) is 0 Å². The van der Waals surface area contributed by atoms with Crippen LogP contribution in [0.4, 0.5) is 0 Å². The Hall–Kier alpha value is -2.50. The van der Waals surface area contributed by atoms with E-state index in [0.717, 1.165) is 31.5 Å². The molecule has 0 N–H and O–H groups in total. The van der Waals surface area contributed by atoms with Crippen molar-refractivity contribution < 1.29 is 9.53 Å². The van der Waals surface area contributed by atoms with Crippen LogP contribution in [0, 0.1) is 0 Å². The van der Waals surface area contributed by atoms with Crippen molar-refractivity contribution in [1.82, 2.24) is 9.80 Å². The summed E-state index contributed by atoms with van der Waals surface area (Å²) in [6, 6.07) is 25.0. The lowest BCUT2D eigenvalue weighted by Crippen LogP contribution is -2.32. The van der Waals surface area contributed by atoms with E-state index in [1.807, 2.05) is 24.3 Å². The first-order valence-electron chi connectivity index (χ1n) is 12.2. The normalized spacial score (nSPS) is 21.6. The summed E-state index contributed by atoms with van der Waals surface area (Å²) in [5.74, 6) is 0. The van der Waals surface area contributed by atoms with Gasteiger partial charge in [0.1, 0.15) is 0 Å². The van der Waals surface area contributed by atoms with E-state index < -0.39 is 6.23 Å². The van der Waals surface area contributed by atoms with Gasteiger partial charge < -0.3 is 4.74 Å². The van der Waals surface area contributed by atoms with E-state index in [0.29, 0.717) is 18.1 Å². The number of hydrogen-bond donors (Lipinski definition) is 0. The van der Waals surface area contributed by atoms with Gasteiger partial charge in [-0.3, -0.25) is 14.6 Å². The second-order valence-corrected chi connectivity index (χ2v) is 9.76. The molecule has 0 radical (unpaired) electrons. The van der Waals surface area contributed by atoms with Crippen LogP contribution >= 0.6 is 11.6 Å². The highest BCUT2D eigenvalue weighted by atomic mass is 35.5. The molecule has 2 heterocycles. The van der Waals surface area contributed by atoms with Crippen molar-refractivity contribution in [3.8, 4) is 11.1 Å². The van der Waals surface area contributed by atoms with Crippen LogP contribution in [0.5, 0.6) is 0 Å². The zero-order chi connectivity index (χ0) is 23.3. The molecule has 2 aliphatic rings. The molecule has 2 fully saturated rings. The zero-order valence-corrected chi connectivity index (χ0v) is 20.2. The Morgan fingerprint density at radius 3 is 2.35 bits per heavy atom. The van der Waals surface area contributed by atoms with Gasteiger partial charge in [-0.05, 0) is 71.9 Å². The molecule has 34 heavy (non-hydrogen) atoms. The Morgan fingerprint density at radius 2 is 1.62 bits per heavy atom. The SMILES string of the molecule is O=CC1O[C@H](c2ccc(Cl)cc2)CN1Cc1ccc(-c2ccccc2)cc1CN1CCCCC1. The van der Waals surface area contributed by atoms with Crippen LogP contribution in [-0.4, -0.2) is 41.9 Å². The molecule has 3 aromatic rings. The van der Waals surface area contributed by atoms with Crippen LogP contribution in [0.15, 0.2) is 72.8 Å². The number of halogens is 1. The van der Waals surface area contributed by atoms with E-state index >= 15 is 0 Å². The van der Waals surface area contributed by atoms with E-state index in [-0.39, 0.29) is 6.10 Å². The van der Waals surface area contributed by atoms with Crippen LogP contribution in [0.3, 0.4) is 0 Å². The van der Waals surface area contributed by atoms with E-state index in [1.54, 1.807) is 0 Å². The van der Waals surface area contributed by atoms with Crippen LogP contribution in [0.2, 0.25) is 5.02 Å². The lowest BCUT2D eigenvalue weighted by molar-refractivity contribution is -0.123. The molecule has 3 aromatic carbocycles. The van der Waals surface area contributed by atoms with E-state index in [4.69, 9.17) is 16.3 Å². The fourth-order valence-corrected chi connectivity index (χ4v) is 5.19. The quantitative estimate of drug-likeness (QED) is 0.388. The topological polar surface area (TPSA) is 32.8 Å². The summed E-state index contributed by atoms with van der Waals surface area (Å²) < 4.78 is 6.11. The third-order valence-corrected chi connectivity index (χ3v) is 7.20. The molecule has 0 amide bonds. The summed E-state index contributed by atoms with van der Waals surface area (Å²) in [4.78, 5) is 16.6. The molecule has 0 spiro atoms. The highest BCUT2D eigenvalue weighted by Gasteiger charge is 2.34. The maximum atomic E-state index is 11.9. The number of hydrogen-bond acceptors (Lipinski definition) is 4. The third-order valence-electron chi connectivity index (χ3n) is 6.95. The minimum Gasteiger partial charge on any atom is -0.347 e. The van der Waals surface area contributed by atoms with Gasteiger partial charge in [-0.15, -0.1) is 0 Å². The number of carbonyl (C=O) groups excluding carboxylic acids is 1. The first kappa shape index (κ1) is 23.3. The van der Waals surface area contributed by atoms with Gasteiger partial charge in [-0.2, -0.15) is 0 Å². The number of carbonyl (C=O) groups is 1. The van der Waals surface area contributed by atoms with Crippen molar-refractivity contribution in [2.45, 2.75) is 44.7 Å². The number of rotatable bonds is 7. The van der Waals surface area contributed by atoms with Crippen LogP contribution in [0.25, 0.3) is 11.1 Å². The number of nitrogens with zero attached hydrogens (tertiary/aromatic N) is 2. The largest absolute Gasteiger partial charge is 0.347 e. The first-order chi connectivity index (χ1) is 16.7. The number of piperidine rings is 1. The van der Waals surface area contributed by atoms with Crippen molar-refractivity contribution in [1.29, 1.82) is 0 Å². The predicted octanol–water partition coefficient (Wildman–Crippen LogP) is 6.09. The molecule has 0 aromatic heterocycles. The minimum atomic E-state index is -0.544. The Labute approximate surface area is 207 Å². The summed E-state index contributed by atoms with van der Waals surface area (Å²) in [6.45, 7) is 4.60. The predicted molar refractivity (Wildman–Crippen MR) is 137 cm³/mol. The summed E-state index contributed by atoms with van der Waals surface area (Å²) in [7, 11) is 0. The fraction of sp³-hybridized carbons (Fsp3) is 0.345. The number of benzene rings is 3. The van der Waals surface area contributed by atoms with Gasteiger partial charge >= 0.3 is 0 Å². The summed E-state index contributed by atoms with van der Waals surface area (Å²) in [5.41, 5.74) is 6.11. The molecule has 176 valence electrons. The molecule has 2 atom stereocenters. The Kier molecular flexibility index (Phi) is 7.41. The second-order valence-electron chi connectivity index (χ2n) is 9.32. The summed E-state index contributed by atoms with van der Waals surface area (Å²) in [6.07, 6.45) is 4.09. The van der Waals surface area contributed by atoms with Crippen molar-refractivity contribution in [3.05, 3.63) is 94.5 Å². The van der Waals surface area contributed by atoms with Crippen molar-refractivity contribution >= 4 is 17.9 Å². The average Bonchev–Trinajstić information content (AvgIpc) is 3.29. The number of ether oxygens (including phenoxy) is 1. The Bertz CT molecular complexity index is 1100. The van der Waals surface area contributed by atoms with Crippen LogP contribution in [-0.2, 0) is 22.6 Å². The standard InChI is InChI=1S/C29H31ClN2O2/c30-27-13-11-23(12-14-27)28-20-32(29(21-33)34-28)19-25-10-9-24(22-7-3-1-4-8-22)17-26(25)18-31-15-5-2-6-16-31/h1,3-4,7-14,17,21,28-29H,2,5-6,15-16,18-20H2/t28-,29?/m0/s1.